The van der Waals surface area contributed by atoms with E-state index in [0.29, 0.717) is 12.5 Å². The number of guanidine groups is 1. The molecule has 1 atom stereocenters. The molecular formula is C21H34IN5O2. The van der Waals surface area contributed by atoms with Crippen molar-refractivity contribution in [1.82, 2.24) is 20.4 Å². The lowest BCUT2D eigenvalue weighted by Crippen LogP contribution is -2.38. The van der Waals surface area contributed by atoms with Gasteiger partial charge in [0.1, 0.15) is 5.75 Å². The minimum Gasteiger partial charge on any atom is -0.491 e. The van der Waals surface area contributed by atoms with Crippen LogP contribution in [0.15, 0.2) is 41.7 Å². The van der Waals surface area contributed by atoms with Gasteiger partial charge in [-0.25, -0.2) is 0 Å². The Hall–Kier alpha value is -1.81. The normalized spacial score (nSPS) is 12.4. The number of hydrogen-bond acceptors (Lipinski definition) is 4. The second kappa shape index (κ2) is 13.4. The van der Waals surface area contributed by atoms with E-state index >= 15 is 0 Å². The molecule has 2 rings (SSSR count). The highest BCUT2D eigenvalue weighted by molar-refractivity contribution is 14.0. The summed E-state index contributed by atoms with van der Waals surface area (Å²) in [5, 5.41) is 21.1. The van der Waals surface area contributed by atoms with Crippen LogP contribution in [0, 0.1) is 0 Å². The lowest BCUT2D eigenvalue weighted by atomic mass is 10.1. The van der Waals surface area contributed by atoms with Crippen LogP contribution >= 0.6 is 24.0 Å². The van der Waals surface area contributed by atoms with Gasteiger partial charge in [-0.05, 0) is 56.9 Å². The summed E-state index contributed by atoms with van der Waals surface area (Å²) in [4.78, 5) is 4.51. The fourth-order valence-corrected chi connectivity index (χ4v) is 2.77. The second-order valence-corrected chi connectivity index (χ2v) is 7.02. The Morgan fingerprint density at radius 2 is 1.97 bits per heavy atom. The molecular weight excluding hydrogens is 481 g/mol. The van der Waals surface area contributed by atoms with Gasteiger partial charge in [0.2, 0.25) is 0 Å². The predicted molar refractivity (Wildman–Crippen MR) is 128 cm³/mol. The molecule has 8 heteroatoms. The number of halogens is 1. The maximum absolute atomic E-state index is 10.4. The van der Waals surface area contributed by atoms with E-state index in [-0.39, 0.29) is 30.1 Å². The molecule has 1 aromatic carbocycles. The highest BCUT2D eigenvalue weighted by Crippen LogP contribution is 2.19. The van der Waals surface area contributed by atoms with Crippen molar-refractivity contribution in [2.24, 2.45) is 12.0 Å². The topological polar surface area (TPSA) is 83.7 Å². The molecule has 162 valence electrons. The summed E-state index contributed by atoms with van der Waals surface area (Å²) in [5.74, 6) is 1.52. The minimum absolute atomic E-state index is 0. The fourth-order valence-electron chi connectivity index (χ4n) is 2.77. The number of nitrogens with zero attached hydrogens (tertiary/aromatic N) is 3. The van der Waals surface area contributed by atoms with Gasteiger partial charge in [-0.1, -0.05) is 12.1 Å². The summed E-state index contributed by atoms with van der Waals surface area (Å²) in [6.07, 6.45) is 5.36. The molecule has 0 aliphatic carbocycles. The summed E-state index contributed by atoms with van der Waals surface area (Å²) in [5.41, 5.74) is 2.05. The third kappa shape index (κ3) is 9.49. The fraction of sp³-hybridized carbons (Fsp3) is 0.524. The summed E-state index contributed by atoms with van der Waals surface area (Å²) in [6.45, 7) is 7.87. The zero-order valence-corrected chi connectivity index (χ0v) is 20.1. The predicted octanol–water partition coefficient (Wildman–Crippen LogP) is 3.05. The molecule has 1 heterocycles. The monoisotopic (exact) mass is 515 g/mol. The van der Waals surface area contributed by atoms with Crippen molar-refractivity contribution in [2.75, 3.05) is 19.6 Å². The quantitative estimate of drug-likeness (QED) is 0.196. The number of ether oxygens (including phenoxy) is 1. The molecule has 29 heavy (non-hydrogen) atoms. The van der Waals surface area contributed by atoms with Crippen LogP contribution in [0.4, 0.5) is 0 Å². The molecule has 0 aliphatic heterocycles. The standard InChI is InChI=1S/C21H33N5O2.HI/c1-5-22-21(23-12-6-7-17-13-25-26(4)15-17)24-14-20(27)18-8-10-19(11-9-18)28-16(2)3;/h8-11,13,15-16,20,27H,5-7,12,14H2,1-4H3,(H2,22,23,24);1H. The summed E-state index contributed by atoms with van der Waals surface area (Å²) < 4.78 is 7.45. The van der Waals surface area contributed by atoms with Gasteiger partial charge in [0.25, 0.3) is 0 Å². The number of aromatic nitrogens is 2. The van der Waals surface area contributed by atoms with Gasteiger partial charge in [0, 0.05) is 26.3 Å². The zero-order valence-electron chi connectivity index (χ0n) is 17.8. The highest BCUT2D eigenvalue weighted by atomic mass is 127. The van der Waals surface area contributed by atoms with Gasteiger partial charge < -0.3 is 20.5 Å². The first-order valence-electron chi connectivity index (χ1n) is 9.92. The van der Waals surface area contributed by atoms with Crippen LogP contribution in [-0.2, 0) is 13.5 Å². The highest BCUT2D eigenvalue weighted by Gasteiger charge is 2.08. The first-order chi connectivity index (χ1) is 13.5. The van der Waals surface area contributed by atoms with Crippen molar-refractivity contribution in [2.45, 2.75) is 45.8 Å². The Kier molecular flexibility index (Phi) is 11.7. The number of hydrogen-bond donors (Lipinski definition) is 3. The van der Waals surface area contributed by atoms with E-state index in [4.69, 9.17) is 4.74 Å². The number of aliphatic hydroxyl groups is 1. The van der Waals surface area contributed by atoms with Crippen LogP contribution in [-0.4, -0.2) is 46.6 Å². The van der Waals surface area contributed by atoms with Crippen LogP contribution in [0.5, 0.6) is 5.75 Å². The number of benzene rings is 1. The molecule has 1 aromatic heterocycles. The molecule has 3 N–H and O–H groups in total. The molecule has 0 spiro atoms. The lowest BCUT2D eigenvalue weighted by Gasteiger charge is -2.14. The summed E-state index contributed by atoms with van der Waals surface area (Å²) in [6, 6.07) is 7.52. The largest absolute Gasteiger partial charge is 0.491 e. The minimum atomic E-state index is -0.654. The Labute approximate surface area is 191 Å². The van der Waals surface area contributed by atoms with Gasteiger partial charge in [-0.3, -0.25) is 9.67 Å². The Morgan fingerprint density at radius 3 is 2.55 bits per heavy atom. The smallest absolute Gasteiger partial charge is 0.191 e. The molecule has 0 saturated heterocycles. The molecule has 0 amide bonds. The molecule has 0 saturated carbocycles. The summed E-state index contributed by atoms with van der Waals surface area (Å²) >= 11 is 0. The lowest BCUT2D eigenvalue weighted by molar-refractivity contribution is 0.186. The Bertz CT molecular complexity index is 731. The molecule has 7 nitrogen and oxygen atoms in total. The van der Waals surface area contributed by atoms with E-state index < -0.39 is 6.10 Å². The van der Waals surface area contributed by atoms with Crippen molar-refractivity contribution >= 4 is 29.9 Å². The number of nitrogens with one attached hydrogen (secondary N) is 2. The van der Waals surface area contributed by atoms with Gasteiger partial charge in [0.05, 0.1) is 24.9 Å². The third-order valence-electron chi connectivity index (χ3n) is 4.10. The Morgan fingerprint density at radius 1 is 1.24 bits per heavy atom. The molecule has 0 aliphatic rings. The van der Waals surface area contributed by atoms with Crippen LogP contribution in [0.25, 0.3) is 0 Å². The van der Waals surface area contributed by atoms with Gasteiger partial charge in [0.15, 0.2) is 5.96 Å². The van der Waals surface area contributed by atoms with Gasteiger partial charge in [-0.15, -0.1) is 24.0 Å². The average Bonchev–Trinajstić information content (AvgIpc) is 3.08. The number of aliphatic hydroxyl groups excluding tert-OH is 1. The molecule has 2 aromatic rings. The maximum Gasteiger partial charge on any atom is 0.191 e. The van der Waals surface area contributed by atoms with E-state index in [1.807, 2.05) is 69.2 Å². The molecule has 0 radical (unpaired) electrons. The van der Waals surface area contributed by atoms with E-state index in [1.165, 1.54) is 5.56 Å². The molecule has 1 unspecified atom stereocenters. The summed E-state index contributed by atoms with van der Waals surface area (Å²) in [7, 11) is 1.92. The van der Waals surface area contributed by atoms with E-state index in [2.05, 4.69) is 20.7 Å². The maximum atomic E-state index is 10.4. The number of aliphatic imine (C=N–C) groups is 1. The van der Waals surface area contributed by atoms with Crippen molar-refractivity contribution in [1.29, 1.82) is 0 Å². The van der Waals surface area contributed by atoms with Crippen molar-refractivity contribution in [3.8, 4) is 5.75 Å². The van der Waals surface area contributed by atoms with E-state index in [9.17, 15) is 5.11 Å². The Balaban J connectivity index is 0.00000420. The van der Waals surface area contributed by atoms with Crippen LogP contribution < -0.4 is 15.4 Å². The SMILES string of the molecule is CCNC(=NCC(O)c1ccc(OC(C)C)cc1)NCCCc1cnn(C)c1.I. The van der Waals surface area contributed by atoms with Crippen LogP contribution in [0.1, 0.15) is 44.4 Å². The zero-order chi connectivity index (χ0) is 20.4. The van der Waals surface area contributed by atoms with Crippen LogP contribution in [0.2, 0.25) is 0 Å². The molecule has 0 bridgehead atoms. The van der Waals surface area contributed by atoms with Crippen molar-refractivity contribution in [3.63, 3.8) is 0 Å². The third-order valence-corrected chi connectivity index (χ3v) is 4.10. The van der Waals surface area contributed by atoms with Crippen LogP contribution in [0.3, 0.4) is 0 Å². The number of rotatable bonds is 10. The second-order valence-electron chi connectivity index (χ2n) is 7.02. The average molecular weight is 515 g/mol. The first kappa shape index (κ1) is 25.2. The van der Waals surface area contributed by atoms with Crippen molar-refractivity contribution < 1.29 is 9.84 Å². The number of aryl methyl sites for hydroxylation is 2. The van der Waals surface area contributed by atoms with Crippen molar-refractivity contribution in [3.05, 3.63) is 47.8 Å². The van der Waals surface area contributed by atoms with Gasteiger partial charge >= 0.3 is 0 Å². The van der Waals surface area contributed by atoms with Gasteiger partial charge in [-0.2, -0.15) is 5.10 Å². The molecule has 0 fully saturated rings. The van der Waals surface area contributed by atoms with E-state index in [1.54, 1.807) is 0 Å². The first-order valence-corrected chi connectivity index (χ1v) is 9.92. The van der Waals surface area contributed by atoms with E-state index in [0.717, 1.165) is 37.2 Å².